The largest absolute Gasteiger partial charge is 0.480 e. The number of nitrogens with one attached hydrogen (secondary N) is 3. The molecule has 1 heterocycles. The Morgan fingerprint density at radius 3 is 2.50 bits per heavy atom. The van der Waals surface area contributed by atoms with Gasteiger partial charge in [-0.05, 0) is 44.4 Å². The van der Waals surface area contributed by atoms with Crippen LogP contribution in [0.5, 0.6) is 0 Å². The monoisotopic (exact) mass is 469 g/mol. The SMILES string of the molecule is NCCCCCNC(=O)NCC(NC(=O)C1CCCN1S(=O)(=O)c1ccccc1)C(=O)O. The molecule has 2 atom stereocenters. The van der Waals surface area contributed by atoms with Gasteiger partial charge in [0, 0.05) is 13.1 Å². The van der Waals surface area contributed by atoms with Gasteiger partial charge in [-0.3, -0.25) is 4.79 Å². The molecule has 3 amide bonds. The van der Waals surface area contributed by atoms with Crippen LogP contribution in [0.25, 0.3) is 0 Å². The van der Waals surface area contributed by atoms with E-state index in [4.69, 9.17) is 5.73 Å². The summed E-state index contributed by atoms with van der Waals surface area (Å²) in [6, 6.07) is 4.80. The van der Waals surface area contributed by atoms with Crippen LogP contribution in [0.1, 0.15) is 32.1 Å². The number of amides is 3. The average molecular weight is 470 g/mol. The molecule has 1 aliphatic rings. The van der Waals surface area contributed by atoms with Crippen molar-refractivity contribution >= 4 is 27.9 Å². The molecule has 0 aromatic heterocycles. The average Bonchev–Trinajstić information content (AvgIpc) is 3.28. The molecule has 1 aliphatic heterocycles. The minimum absolute atomic E-state index is 0.0688. The summed E-state index contributed by atoms with van der Waals surface area (Å²) < 4.78 is 26.9. The topological polar surface area (TPSA) is 171 Å². The zero-order valence-corrected chi connectivity index (χ0v) is 18.6. The van der Waals surface area contributed by atoms with Crippen molar-refractivity contribution in [3.8, 4) is 0 Å². The molecule has 0 aliphatic carbocycles. The molecule has 1 aromatic carbocycles. The van der Waals surface area contributed by atoms with E-state index in [2.05, 4.69) is 16.0 Å². The summed E-state index contributed by atoms with van der Waals surface area (Å²) in [5.41, 5.74) is 5.40. The highest BCUT2D eigenvalue weighted by molar-refractivity contribution is 7.89. The van der Waals surface area contributed by atoms with Gasteiger partial charge in [0.25, 0.3) is 0 Å². The maximum absolute atomic E-state index is 12.9. The van der Waals surface area contributed by atoms with Gasteiger partial charge in [0.1, 0.15) is 12.1 Å². The number of aliphatic carboxylic acids is 1. The molecule has 0 bridgehead atoms. The highest BCUT2D eigenvalue weighted by Gasteiger charge is 2.40. The van der Waals surface area contributed by atoms with Crippen LogP contribution in [0.15, 0.2) is 35.2 Å². The number of nitrogens with two attached hydrogens (primary N) is 1. The maximum atomic E-state index is 12.9. The number of urea groups is 1. The summed E-state index contributed by atoms with van der Waals surface area (Å²) in [4.78, 5) is 36.2. The van der Waals surface area contributed by atoms with E-state index in [1.165, 1.54) is 12.1 Å². The second-order valence-corrected chi connectivity index (χ2v) is 9.36. The molecule has 1 fully saturated rings. The van der Waals surface area contributed by atoms with Crippen molar-refractivity contribution < 1.29 is 27.9 Å². The molecule has 0 saturated carbocycles. The molecular weight excluding hydrogens is 438 g/mol. The number of carbonyl (C=O) groups excluding carboxylic acids is 2. The van der Waals surface area contributed by atoms with Crippen molar-refractivity contribution in [1.82, 2.24) is 20.3 Å². The zero-order chi connectivity index (χ0) is 23.6. The van der Waals surface area contributed by atoms with E-state index in [1.54, 1.807) is 18.2 Å². The molecule has 2 rings (SSSR count). The summed E-state index contributed by atoms with van der Waals surface area (Å²) in [7, 11) is -3.89. The summed E-state index contributed by atoms with van der Waals surface area (Å²) in [5, 5.41) is 16.8. The van der Waals surface area contributed by atoms with E-state index in [1.807, 2.05) is 0 Å². The minimum atomic E-state index is -3.89. The standard InChI is InChI=1S/C20H31N5O6S/c21-11-5-2-6-12-22-20(29)23-14-16(19(27)28)24-18(26)17-10-7-13-25(17)32(30,31)15-8-3-1-4-9-15/h1,3-4,8-9,16-17H,2,5-7,10-14,21H2,(H,24,26)(H,27,28)(H2,22,23,29). The van der Waals surface area contributed by atoms with Crippen LogP contribution in [-0.2, 0) is 19.6 Å². The Morgan fingerprint density at radius 2 is 1.84 bits per heavy atom. The molecule has 6 N–H and O–H groups in total. The Bertz CT molecular complexity index is 880. The van der Waals surface area contributed by atoms with Crippen molar-refractivity contribution in [3.63, 3.8) is 0 Å². The van der Waals surface area contributed by atoms with Gasteiger partial charge in [0.05, 0.1) is 11.4 Å². The van der Waals surface area contributed by atoms with E-state index in [0.29, 0.717) is 19.5 Å². The number of carboxylic acid groups (broad SMARTS) is 1. The van der Waals surface area contributed by atoms with Gasteiger partial charge in [0.15, 0.2) is 0 Å². The number of sulfonamides is 1. The maximum Gasteiger partial charge on any atom is 0.328 e. The van der Waals surface area contributed by atoms with Gasteiger partial charge in [-0.25, -0.2) is 18.0 Å². The first-order valence-electron chi connectivity index (χ1n) is 10.6. The lowest BCUT2D eigenvalue weighted by Gasteiger charge is -2.25. The molecule has 178 valence electrons. The van der Waals surface area contributed by atoms with E-state index < -0.39 is 40.0 Å². The normalized spacial score (nSPS) is 17.5. The Kier molecular flexibility index (Phi) is 9.88. The number of carbonyl (C=O) groups is 3. The minimum Gasteiger partial charge on any atom is -0.480 e. The number of unbranched alkanes of at least 4 members (excludes halogenated alkanes) is 2. The van der Waals surface area contributed by atoms with Crippen LogP contribution < -0.4 is 21.7 Å². The van der Waals surface area contributed by atoms with E-state index in [-0.39, 0.29) is 24.4 Å². The van der Waals surface area contributed by atoms with Gasteiger partial charge in [-0.15, -0.1) is 0 Å². The highest BCUT2D eigenvalue weighted by Crippen LogP contribution is 2.26. The Morgan fingerprint density at radius 1 is 1.12 bits per heavy atom. The summed E-state index contributed by atoms with van der Waals surface area (Å²) >= 11 is 0. The van der Waals surface area contributed by atoms with E-state index in [0.717, 1.165) is 23.6 Å². The van der Waals surface area contributed by atoms with Crippen LogP contribution in [-0.4, -0.2) is 74.0 Å². The quantitative estimate of drug-likeness (QED) is 0.265. The molecule has 2 unspecified atom stereocenters. The Hall–Kier alpha value is -2.70. The lowest BCUT2D eigenvalue weighted by atomic mass is 10.2. The second-order valence-electron chi connectivity index (χ2n) is 7.47. The van der Waals surface area contributed by atoms with Crippen molar-refractivity contribution in [3.05, 3.63) is 30.3 Å². The fourth-order valence-corrected chi connectivity index (χ4v) is 5.07. The third kappa shape index (κ3) is 7.18. The van der Waals surface area contributed by atoms with Crippen LogP contribution in [0.2, 0.25) is 0 Å². The number of carboxylic acids is 1. The third-order valence-corrected chi connectivity index (χ3v) is 7.03. The van der Waals surface area contributed by atoms with Crippen LogP contribution in [0.4, 0.5) is 4.79 Å². The second kappa shape index (κ2) is 12.4. The first kappa shape index (κ1) is 25.6. The highest BCUT2D eigenvalue weighted by atomic mass is 32.2. The number of hydrogen-bond donors (Lipinski definition) is 5. The van der Waals surface area contributed by atoms with Gasteiger partial charge in [-0.1, -0.05) is 24.6 Å². The number of nitrogens with zero attached hydrogens (tertiary/aromatic N) is 1. The molecule has 1 saturated heterocycles. The molecule has 32 heavy (non-hydrogen) atoms. The fraction of sp³-hybridized carbons (Fsp3) is 0.550. The molecule has 11 nitrogen and oxygen atoms in total. The molecule has 1 aromatic rings. The molecular formula is C20H31N5O6S. The fourth-order valence-electron chi connectivity index (χ4n) is 3.39. The summed E-state index contributed by atoms with van der Waals surface area (Å²) in [6.45, 7) is 0.827. The molecule has 12 heteroatoms. The molecule has 0 radical (unpaired) electrons. The number of hydrogen-bond acceptors (Lipinski definition) is 6. The van der Waals surface area contributed by atoms with Crippen molar-refractivity contribution in [2.75, 3.05) is 26.2 Å². The van der Waals surface area contributed by atoms with Gasteiger partial charge < -0.3 is 26.8 Å². The van der Waals surface area contributed by atoms with Gasteiger partial charge in [-0.2, -0.15) is 4.31 Å². The van der Waals surface area contributed by atoms with Crippen molar-refractivity contribution in [1.29, 1.82) is 0 Å². The summed E-state index contributed by atoms with van der Waals surface area (Å²) in [6.07, 6.45) is 3.23. The Balaban J connectivity index is 1.93. The predicted octanol–water partition coefficient (Wildman–Crippen LogP) is -0.163. The van der Waals surface area contributed by atoms with Crippen LogP contribution in [0.3, 0.4) is 0 Å². The zero-order valence-electron chi connectivity index (χ0n) is 17.8. The Labute approximate surface area is 187 Å². The van der Waals surface area contributed by atoms with E-state index >= 15 is 0 Å². The van der Waals surface area contributed by atoms with Crippen LogP contribution in [0, 0.1) is 0 Å². The van der Waals surface area contributed by atoms with Gasteiger partial charge >= 0.3 is 12.0 Å². The lowest BCUT2D eigenvalue weighted by Crippen LogP contribution is -2.54. The van der Waals surface area contributed by atoms with E-state index in [9.17, 15) is 27.9 Å². The third-order valence-electron chi connectivity index (χ3n) is 5.10. The van der Waals surface area contributed by atoms with Crippen LogP contribution >= 0.6 is 0 Å². The summed E-state index contributed by atoms with van der Waals surface area (Å²) in [5.74, 6) is -2.05. The number of benzene rings is 1. The first-order valence-corrected chi connectivity index (χ1v) is 12.0. The smallest absolute Gasteiger partial charge is 0.328 e. The lowest BCUT2D eigenvalue weighted by molar-refractivity contribution is -0.142. The van der Waals surface area contributed by atoms with Crippen molar-refractivity contribution in [2.24, 2.45) is 5.73 Å². The first-order chi connectivity index (χ1) is 15.3. The van der Waals surface area contributed by atoms with Crippen molar-refractivity contribution in [2.45, 2.75) is 49.1 Å². The predicted molar refractivity (Wildman–Crippen MR) is 117 cm³/mol. The molecule has 0 spiro atoms. The van der Waals surface area contributed by atoms with Gasteiger partial charge in [0.2, 0.25) is 15.9 Å². The number of rotatable bonds is 12.